The molecule has 0 saturated heterocycles. The first-order valence-electron chi connectivity index (χ1n) is 6.38. The monoisotopic (exact) mass is 210 g/mol. The average molecular weight is 210 g/mol. The first kappa shape index (κ1) is 11.0. The molecule has 0 aromatic heterocycles. The van der Waals surface area contributed by atoms with Crippen LogP contribution >= 0.6 is 0 Å². The van der Waals surface area contributed by atoms with Gasteiger partial charge in [0.2, 0.25) is 0 Å². The fourth-order valence-corrected chi connectivity index (χ4v) is 3.62. The van der Waals surface area contributed by atoms with Crippen LogP contribution in [-0.4, -0.2) is 13.1 Å². The molecule has 0 aliphatic heterocycles. The topological polar surface area (TPSA) is 26.3 Å². The van der Waals surface area contributed by atoms with Crippen molar-refractivity contribution < 1.29 is 9.53 Å². The molecule has 2 aliphatic carbocycles. The Labute approximate surface area is 92.4 Å². The predicted octanol–water partition coefficient (Wildman–Crippen LogP) is 3.16. The highest BCUT2D eigenvalue weighted by Crippen LogP contribution is 2.44. The number of ether oxygens (including phenoxy) is 1. The summed E-state index contributed by atoms with van der Waals surface area (Å²) in [4.78, 5) is 11.3. The van der Waals surface area contributed by atoms with Crippen molar-refractivity contribution in [3.05, 3.63) is 0 Å². The first-order chi connectivity index (χ1) is 7.31. The van der Waals surface area contributed by atoms with Gasteiger partial charge in [0.1, 0.15) is 0 Å². The average Bonchev–Trinajstić information content (AvgIpc) is 2.29. The quantitative estimate of drug-likeness (QED) is 0.654. The van der Waals surface area contributed by atoms with Crippen molar-refractivity contribution in [1.29, 1.82) is 0 Å². The molecule has 0 aromatic carbocycles. The summed E-state index contributed by atoms with van der Waals surface area (Å²) in [6.45, 7) is 0. The van der Waals surface area contributed by atoms with E-state index in [1.165, 1.54) is 52.1 Å². The molecule has 2 fully saturated rings. The molecule has 3 atom stereocenters. The molecule has 2 heteroatoms. The molecular weight excluding hydrogens is 188 g/mol. The summed E-state index contributed by atoms with van der Waals surface area (Å²) in [5.74, 6) is 2.36. The number of carbonyl (C=O) groups is 1. The highest BCUT2D eigenvalue weighted by Gasteiger charge is 2.35. The van der Waals surface area contributed by atoms with Gasteiger partial charge < -0.3 is 4.74 Å². The van der Waals surface area contributed by atoms with Crippen molar-refractivity contribution in [3.8, 4) is 0 Å². The first-order valence-corrected chi connectivity index (χ1v) is 6.38. The van der Waals surface area contributed by atoms with Crippen LogP contribution in [0.25, 0.3) is 0 Å². The van der Waals surface area contributed by atoms with E-state index in [1.54, 1.807) is 0 Å². The zero-order valence-corrected chi connectivity index (χ0v) is 9.71. The molecule has 86 valence electrons. The summed E-state index contributed by atoms with van der Waals surface area (Å²) < 4.78 is 4.79. The van der Waals surface area contributed by atoms with Gasteiger partial charge in [0.15, 0.2) is 0 Å². The molecule has 0 amide bonds. The van der Waals surface area contributed by atoms with Crippen LogP contribution in [0.2, 0.25) is 0 Å². The molecular formula is C13H22O2. The van der Waals surface area contributed by atoms with E-state index >= 15 is 0 Å². The number of hydrogen-bond acceptors (Lipinski definition) is 2. The Kier molecular flexibility index (Phi) is 3.66. The second-order valence-electron chi connectivity index (χ2n) is 5.18. The van der Waals surface area contributed by atoms with Crippen molar-refractivity contribution in [3.63, 3.8) is 0 Å². The molecule has 0 heterocycles. The van der Waals surface area contributed by atoms with Crippen LogP contribution < -0.4 is 0 Å². The van der Waals surface area contributed by atoms with Crippen molar-refractivity contribution in [1.82, 2.24) is 0 Å². The van der Waals surface area contributed by atoms with Gasteiger partial charge in [0, 0.05) is 6.42 Å². The molecule has 15 heavy (non-hydrogen) atoms. The zero-order chi connectivity index (χ0) is 10.7. The summed E-state index contributed by atoms with van der Waals surface area (Å²) in [5, 5.41) is 0. The maximum Gasteiger partial charge on any atom is 0.305 e. The Bertz CT molecular complexity index is 223. The molecule has 0 bridgehead atoms. The summed E-state index contributed by atoms with van der Waals surface area (Å²) in [6, 6.07) is 0. The number of esters is 1. The van der Waals surface area contributed by atoms with Gasteiger partial charge in [-0.05, 0) is 30.6 Å². The molecule has 2 saturated carbocycles. The maximum absolute atomic E-state index is 11.3. The Balaban J connectivity index is 1.94. The SMILES string of the molecule is COC(=O)CC1CCCC2CCCCC21. The highest BCUT2D eigenvalue weighted by atomic mass is 16.5. The lowest BCUT2D eigenvalue weighted by Crippen LogP contribution is -2.32. The van der Waals surface area contributed by atoms with Gasteiger partial charge >= 0.3 is 5.97 Å². The van der Waals surface area contributed by atoms with Crippen LogP contribution in [0.4, 0.5) is 0 Å². The Morgan fingerprint density at radius 2 is 1.87 bits per heavy atom. The van der Waals surface area contributed by atoms with Gasteiger partial charge in [-0.15, -0.1) is 0 Å². The largest absolute Gasteiger partial charge is 0.469 e. The fourth-order valence-electron chi connectivity index (χ4n) is 3.62. The molecule has 0 radical (unpaired) electrons. The van der Waals surface area contributed by atoms with E-state index in [2.05, 4.69) is 0 Å². The van der Waals surface area contributed by atoms with Crippen molar-refractivity contribution in [2.75, 3.05) is 7.11 Å². The number of methoxy groups -OCH3 is 1. The number of carbonyl (C=O) groups excluding carboxylic acids is 1. The normalized spacial score (nSPS) is 35.7. The minimum absolute atomic E-state index is 0.00813. The Hall–Kier alpha value is -0.530. The lowest BCUT2D eigenvalue weighted by Gasteiger charge is -2.41. The second-order valence-corrected chi connectivity index (χ2v) is 5.18. The van der Waals surface area contributed by atoms with Gasteiger partial charge in [-0.25, -0.2) is 0 Å². The maximum atomic E-state index is 11.3. The van der Waals surface area contributed by atoms with E-state index in [0.717, 1.165) is 11.8 Å². The third-order valence-electron chi connectivity index (χ3n) is 4.38. The Morgan fingerprint density at radius 3 is 2.67 bits per heavy atom. The molecule has 0 spiro atoms. The van der Waals surface area contributed by atoms with E-state index in [-0.39, 0.29) is 5.97 Å². The highest BCUT2D eigenvalue weighted by molar-refractivity contribution is 5.69. The summed E-state index contributed by atoms with van der Waals surface area (Å²) in [7, 11) is 1.50. The van der Waals surface area contributed by atoms with E-state index in [1.807, 2.05) is 0 Å². The fraction of sp³-hybridized carbons (Fsp3) is 0.923. The van der Waals surface area contributed by atoms with Crippen molar-refractivity contribution >= 4 is 5.97 Å². The smallest absolute Gasteiger partial charge is 0.305 e. The van der Waals surface area contributed by atoms with E-state index in [9.17, 15) is 4.79 Å². The molecule has 0 aromatic rings. The molecule has 3 unspecified atom stereocenters. The van der Waals surface area contributed by atoms with Crippen LogP contribution in [0.15, 0.2) is 0 Å². The minimum atomic E-state index is -0.00813. The minimum Gasteiger partial charge on any atom is -0.469 e. The second kappa shape index (κ2) is 5.00. The number of fused-ring (bicyclic) bond motifs is 1. The van der Waals surface area contributed by atoms with Gasteiger partial charge in [0.25, 0.3) is 0 Å². The molecule has 2 nitrogen and oxygen atoms in total. The number of rotatable bonds is 2. The van der Waals surface area contributed by atoms with Gasteiger partial charge in [-0.2, -0.15) is 0 Å². The lowest BCUT2D eigenvalue weighted by atomic mass is 9.65. The van der Waals surface area contributed by atoms with Crippen molar-refractivity contribution in [2.45, 2.75) is 51.4 Å². The summed E-state index contributed by atoms with van der Waals surface area (Å²) in [5.41, 5.74) is 0. The van der Waals surface area contributed by atoms with Crippen LogP contribution in [0, 0.1) is 17.8 Å². The Morgan fingerprint density at radius 1 is 1.13 bits per heavy atom. The van der Waals surface area contributed by atoms with E-state index in [4.69, 9.17) is 4.74 Å². The van der Waals surface area contributed by atoms with Crippen LogP contribution in [0.3, 0.4) is 0 Å². The number of hydrogen-bond donors (Lipinski definition) is 0. The van der Waals surface area contributed by atoms with Gasteiger partial charge in [-0.3, -0.25) is 4.79 Å². The lowest BCUT2D eigenvalue weighted by molar-refractivity contribution is -0.143. The predicted molar refractivity (Wildman–Crippen MR) is 59.4 cm³/mol. The van der Waals surface area contributed by atoms with E-state index < -0.39 is 0 Å². The standard InChI is InChI=1S/C13H22O2/c1-15-13(14)9-11-7-4-6-10-5-2-3-8-12(10)11/h10-12H,2-9H2,1H3. The summed E-state index contributed by atoms with van der Waals surface area (Å²) in [6.07, 6.45) is 10.2. The van der Waals surface area contributed by atoms with Crippen LogP contribution in [-0.2, 0) is 9.53 Å². The molecule has 2 aliphatic rings. The molecule has 0 N–H and O–H groups in total. The van der Waals surface area contributed by atoms with Gasteiger partial charge in [-0.1, -0.05) is 32.1 Å². The van der Waals surface area contributed by atoms with Crippen LogP contribution in [0.1, 0.15) is 51.4 Å². The molecule has 2 rings (SSSR count). The third-order valence-corrected chi connectivity index (χ3v) is 4.38. The van der Waals surface area contributed by atoms with Crippen LogP contribution in [0.5, 0.6) is 0 Å². The zero-order valence-electron chi connectivity index (χ0n) is 9.71. The van der Waals surface area contributed by atoms with Crippen molar-refractivity contribution in [2.24, 2.45) is 17.8 Å². The summed E-state index contributed by atoms with van der Waals surface area (Å²) >= 11 is 0. The van der Waals surface area contributed by atoms with Gasteiger partial charge in [0.05, 0.1) is 7.11 Å². The third kappa shape index (κ3) is 2.53. The van der Waals surface area contributed by atoms with E-state index in [0.29, 0.717) is 12.3 Å².